The van der Waals surface area contributed by atoms with E-state index in [1.807, 2.05) is 28.8 Å². The molecule has 2 fully saturated rings. The van der Waals surface area contributed by atoms with Crippen molar-refractivity contribution in [3.05, 3.63) is 30.2 Å². The molecule has 2 aromatic heterocycles. The summed E-state index contributed by atoms with van der Waals surface area (Å²) in [6.07, 6.45) is 5.86. The number of aromatic nitrogens is 3. The Hall–Kier alpha value is -2.48. The summed E-state index contributed by atoms with van der Waals surface area (Å²) in [6.45, 7) is 1.87. The summed E-state index contributed by atoms with van der Waals surface area (Å²) in [4.78, 5) is 25.6. The molecule has 8 nitrogen and oxygen atoms in total. The molecule has 0 spiro atoms. The fourth-order valence-electron chi connectivity index (χ4n) is 3.31. The van der Waals surface area contributed by atoms with Crippen LogP contribution in [-0.4, -0.2) is 57.1 Å². The number of carbonyl (C=O) groups is 2. The fraction of sp³-hybridized carbons (Fsp3) is 0.529. The number of likely N-dealkylation sites (tertiary alicyclic amines) is 1. The van der Waals surface area contributed by atoms with Crippen LogP contribution in [0.5, 0.6) is 0 Å². The Morgan fingerprint density at radius 3 is 2.68 bits per heavy atom. The van der Waals surface area contributed by atoms with Crippen molar-refractivity contribution in [2.75, 3.05) is 19.6 Å². The van der Waals surface area contributed by atoms with Crippen LogP contribution < -0.4 is 10.6 Å². The van der Waals surface area contributed by atoms with E-state index in [-0.39, 0.29) is 24.5 Å². The first-order valence-electron chi connectivity index (χ1n) is 8.81. The van der Waals surface area contributed by atoms with Gasteiger partial charge in [-0.25, -0.2) is 4.79 Å². The Morgan fingerprint density at radius 1 is 1.12 bits per heavy atom. The van der Waals surface area contributed by atoms with E-state index in [0.29, 0.717) is 5.92 Å². The molecule has 0 unspecified atom stereocenters. The monoisotopic (exact) mass is 342 g/mol. The van der Waals surface area contributed by atoms with Crippen molar-refractivity contribution in [3.8, 4) is 0 Å². The Balaban J connectivity index is 1.28. The standard InChI is InChI=1S/C17H22N6O2/c24-15(19-17(25)18-13-4-5-13)11-22-9-6-12(7-10-22)16-21-20-14-3-1-2-8-23(14)16/h1-3,8,12-13H,4-7,9-11H2,(H2,18,19,24,25). The number of pyridine rings is 1. The largest absolute Gasteiger partial charge is 0.335 e. The molecular weight excluding hydrogens is 320 g/mol. The Morgan fingerprint density at radius 2 is 1.92 bits per heavy atom. The van der Waals surface area contributed by atoms with Gasteiger partial charge in [-0.1, -0.05) is 6.07 Å². The number of imide groups is 1. The van der Waals surface area contributed by atoms with Gasteiger partial charge in [0.25, 0.3) is 0 Å². The molecule has 1 saturated carbocycles. The number of nitrogens with one attached hydrogen (secondary N) is 2. The van der Waals surface area contributed by atoms with E-state index in [4.69, 9.17) is 0 Å². The minimum atomic E-state index is -0.377. The molecule has 0 bridgehead atoms. The average Bonchev–Trinajstić information content (AvgIpc) is 3.31. The molecule has 2 aliphatic rings. The molecule has 1 aliphatic carbocycles. The number of nitrogens with zero attached hydrogens (tertiary/aromatic N) is 4. The van der Waals surface area contributed by atoms with Crippen molar-refractivity contribution < 1.29 is 9.59 Å². The van der Waals surface area contributed by atoms with Gasteiger partial charge < -0.3 is 5.32 Å². The number of urea groups is 1. The first-order valence-corrected chi connectivity index (χ1v) is 8.81. The second-order valence-corrected chi connectivity index (χ2v) is 6.83. The molecule has 0 radical (unpaired) electrons. The quantitative estimate of drug-likeness (QED) is 0.861. The van der Waals surface area contributed by atoms with Crippen LogP contribution in [0.2, 0.25) is 0 Å². The maximum Gasteiger partial charge on any atom is 0.321 e. The molecule has 2 aromatic rings. The van der Waals surface area contributed by atoms with E-state index in [1.165, 1.54) is 0 Å². The lowest BCUT2D eigenvalue weighted by Gasteiger charge is -2.30. The highest BCUT2D eigenvalue weighted by Crippen LogP contribution is 2.26. The van der Waals surface area contributed by atoms with Gasteiger partial charge in [0.15, 0.2) is 5.65 Å². The molecule has 25 heavy (non-hydrogen) atoms. The van der Waals surface area contributed by atoms with Crippen LogP contribution in [0, 0.1) is 0 Å². The molecule has 0 atom stereocenters. The van der Waals surface area contributed by atoms with Gasteiger partial charge in [0.05, 0.1) is 6.54 Å². The molecule has 1 aliphatic heterocycles. The topological polar surface area (TPSA) is 91.6 Å². The third kappa shape index (κ3) is 3.79. The molecule has 3 heterocycles. The van der Waals surface area contributed by atoms with Crippen molar-refractivity contribution in [2.24, 2.45) is 0 Å². The highest BCUT2D eigenvalue weighted by atomic mass is 16.2. The third-order valence-corrected chi connectivity index (χ3v) is 4.83. The molecule has 4 rings (SSSR count). The summed E-state index contributed by atoms with van der Waals surface area (Å²) in [5.74, 6) is 1.09. The number of carbonyl (C=O) groups excluding carboxylic acids is 2. The van der Waals surface area contributed by atoms with Crippen molar-refractivity contribution in [1.29, 1.82) is 0 Å². The zero-order valence-corrected chi connectivity index (χ0v) is 14.0. The second-order valence-electron chi connectivity index (χ2n) is 6.83. The Bertz CT molecular complexity index is 776. The van der Waals surface area contributed by atoms with Crippen LogP contribution in [-0.2, 0) is 4.79 Å². The van der Waals surface area contributed by atoms with Crippen molar-refractivity contribution in [3.63, 3.8) is 0 Å². The van der Waals surface area contributed by atoms with Crippen LogP contribution in [0.4, 0.5) is 4.79 Å². The Labute approximate surface area is 145 Å². The van der Waals surface area contributed by atoms with Gasteiger partial charge in [-0.15, -0.1) is 10.2 Å². The average molecular weight is 342 g/mol. The van der Waals surface area contributed by atoms with Crippen molar-refractivity contribution in [2.45, 2.75) is 37.6 Å². The van der Waals surface area contributed by atoms with Crippen molar-refractivity contribution in [1.82, 2.24) is 30.1 Å². The van der Waals surface area contributed by atoms with E-state index >= 15 is 0 Å². The first-order chi connectivity index (χ1) is 12.2. The molecule has 132 valence electrons. The molecular formula is C17H22N6O2. The highest BCUT2D eigenvalue weighted by molar-refractivity contribution is 5.95. The number of fused-ring (bicyclic) bond motifs is 1. The molecule has 2 N–H and O–H groups in total. The lowest BCUT2D eigenvalue weighted by atomic mass is 9.96. The van der Waals surface area contributed by atoms with Gasteiger partial charge in [0, 0.05) is 18.2 Å². The zero-order chi connectivity index (χ0) is 17.2. The van der Waals surface area contributed by atoms with Crippen molar-refractivity contribution >= 4 is 17.6 Å². The maximum absolute atomic E-state index is 12.0. The first kappa shape index (κ1) is 16.0. The normalized spacial score (nSPS) is 19.0. The van der Waals surface area contributed by atoms with Crippen LogP contribution >= 0.6 is 0 Å². The molecule has 8 heteroatoms. The molecule has 1 saturated heterocycles. The third-order valence-electron chi connectivity index (χ3n) is 4.83. The van der Waals surface area contributed by atoms with Crippen LogP contribution in [0.15, 0.2) is 24.4 Å². The fourth-order valence-corrected chi connectivity index (χ4v) is 3.31. The smallest absolute Gasteiger partial charge is 0.321 e. The van der Waals surface area contributed by atoms with E-state index in [1.54, 1.807) is 0 Å². The second kappa shape index (κ2) is 6.79. The molecule has 3 amide bonds. The Kier molecular flexibility index (Phi) is 4.35. The van der Waals surface area contributed by atoms with E-state index in [0.717, 1.165) is 50.2 Å². The van der Waals surface area contributed by atoms with Crippen LogP contribution in [0.25, 0.3) is 5.65 Å². The zero-order valence-electron chi connectivity index (χ0n) is 14.0. The summed E-state index contributed by atoms with van der Waals surface area (Å²) >= 11 is 0. The number of piperidine rings is 1. The number of rotatable bonds is 4. The van der Waals surface area contributed by atoms with E-state index < -0.39 is 0 Å². The van der Waals surface area contributed by atoms with Gasteiger partial charge in [-0.3, -0.25) is 19.4 Å². The summed E-state index contributed by atoms with van der Waals surface area (Å²) in [5, 5.41) is 13.7. The van der Waals surface area contributed by atoms with Gasteiger partial charge in [-0.05, 0) is 50.9 Å². The summed E-state index contributed by atoms with van der Waals surface area (Å²) in [7, 11) is 0. The lowest BCUT2D eigenvalue weighted by Crippen LogP contribution is -2.46. The van der Waals surface area contributed by atoms with Gasteiger partial charge in [0.2, 0.25) is 5.91 Å². The maximum atomic E-state index is 12.0. The predicted octanol–water partition coefficient (Wildman–Crippen LogP) is 0.897. The number of hydrogen-bond acceptors (Lipinski definition) is 5. The summed E-state index contributed by atoms with van der Waals surface area (Å²) < 4.78 is 2.04. The molecule has 0 aromatic carbocycles. The minimum absolute atomic E-state index is 0.246. The number of hydrogen-bond donors (Lipinski definition) is 2. The van der Waals surface area contributed by atoms with E-state index in [9.17, 15) is 9.59 Å². The van der Waals surface area contributed by atoms with Crippen LogP contribution in [0.3, 0.4) is 0 Å². The van der Waals surface area contributed by atoms with Gasteiger partial charge >= 0.3 is 6.03 Å². The highest BCUT2D eigenvalue weighted by Gasteiger charge is 2.27. The van der Waals surface area contributed by atoms with Gasteiger partial charge in [-0.2, -0.15) is 0 Å². The predicted molar refractivity (Wildman–Crippen MR) is 91.1 cm³/mol. The minimum Gasteiger partial charge on any atom is -0.335 e. The van der Waals surface area contributed by atoms with E-state index in [2.05, 4.69) is 25.7 Å². The SMILES string of the molecule is O=C(CN1CCC(c2nnc3ccccn23)CC1)NC(=O)NC1CC1. The van der Waals surface area contributed by atoms with Gasteiger partial charge in [0.1, 0.15) is 5.82 Å². The lowest BCUT2D eigenvalue weighted by molar-refractivity contribution is -0.121. The number of amides is 3. The van der Waals surface area contributed by atoms with Crippen LogP contribution in [0.1, 0.15) is 37.4 Å². The summed E-state index contributed by atoms with van der Waals surface area (Å²) in [6, 6.07) is 5.75. The summed E-state index contributed by atoms with van der Waals surface area (Å²) in [5.41, 5.74) is 0.862.